The molecule has 0 atom stereocenters. The molecule has 0 saturated carbocycles. The largest absolute Gasteiger partial charge is 0.497 e. The van der Waals surface area contributed by atoms with E-state index in [1.807, 2.05) is 0 Å². The number of hydrogen-bond acceptors (Lipinski definition) is 7. The maximum absolute atomic E-state index is 13.4. The van der Waals surface area contributed by atoms with E-state index in [1.165, 1.54) is 30.2 Å². The van der Waals surface area contributed by atoms with Crippen LogP contribution in [0.5, 0.6) is 5.75 Å². The number of amides is 1. The van der Waals surface area contributed by atoms with Crippen molar-refractivity contribution in [1.29, 1.82) is 0 Å². The van der Waals surface area contributed by atoms with Crippen molar-refractivity contribution in [1.82, 2.24) is 4.72 Å². The Morgan fingerprint density at radius 1 is 1.05 bits per heavy atom. The first kappa shape index (κ1) is 26.4. The molecule has 3 aromatic rings. The minimum atomic E-state index is -3.76. The Morgan fingerprint density at radius 2 is 1.73 bits per heavy atom. The number of sulfonamides is 1. The summed E-state index contributed by atoms with van der Waals surface area (Å²) in [5, 5.41) is 0. The summed E-state index contributed by atoms with van der Waals surface area (Å²) in [6.45, 7) is 1.55. The number of furan rings is 1. The molecule has 2 heterocycles. The zero-order valence-corrected chi connectivity index (χ0v) is 22.6. The number of methoxy groups -OCH3 is 2. The smallest absolute Gasteiger partial charge is 0.340 e. The molecule has 0 spiro atoms. The van der Waals surface area contributed by atoms with Gasteiger partial charge in [0.05, 0.1) is 36.8 Å². The molecule has 1 aliphatic heterocycles. The van der Waals surface area contributed by atoms with Gasteiger partial charge in [-0.25, -0.2) is 17.9 Å². The summed E-state index contributed by atoms with van der Waals surface area (Å²) < 4.78 is 44.2. The van der Waals surface area contributed by atoms with E-state index < -0.39 is 21.9 Å². The van der Waals surface area contributed by atoms with Crippen molar-refractivity contribution in [2.75, 3.05) is 19.1 Å². The van der Waals surface area contributed by atoms with Gasteiger partial charge in [-0.1, -0.05) is 15.9 Å². The van der Waals surface area contributed by atoms with Gasteiger partial charge in [0.2, 0.25) is 10.0 Å². The van der Waals surface area contributed by atoms with E-state index >= 15 is 0 Å². The van der Waals surface area contributed by atoms with Crippen LogP contribution >= 0.6 is 15.9 Å². The van der Waals surface area contributed by atoms with Crippen LogP contribution in [0.3, 0.4) is 0 Å². The molecule has 1 N–H and O–H groups in total. The summed E-state index contributed by atoms with van der Waals surface area (Å²) in [6.07, 6.45) is 1.44. The van der Waals surface area contributed by atoms with Crippen molar-refractivity contribution in [2.24, 2.45) is 0 Å². The third-order valence-electron chi connectivity index (χ3n) is 5.65. The van der Waals surface area contributed by atoms with Gasteiger partial charge in [-0.3, -0.25) is 9.69 Å². The number of nitrogens with zero attached hydrogens (tertiary/aromatic N) is 1. The number of nitrogens with one attached hydrogen (secondary N) is 1. The molecule has 1 aromatic heterocycles. The van der Waals surface area contributed by atoms with Crippen LogP contribution < -0.4 is 14.4 Å². The highest BCUT2D eigenvalue weighted by Crippen LogP contribution is 2.36. The van der Waals surface area contributed by atoms with Crippen LogP contribution in [-0.2, 0) is 30.9 Å². The van der Waals surface area contributed by atoms with Gasteiger partial charge in [-0.05, 0) is 73.7 Å². The second kappa shape index (κ2) is 10.8. The molecule has 9 nitrogen and oxygen atoms in total. The lowest BCUT2D eigenvalue weighted by atomic mass is 10.1. The van der Waals surface area contributed by atoms with Crippen molar-refractivity contribution in [2.45, 2.75) is 18.4 Å². The maximum Gasteiger partial charge on any atom is 0.340 e. The highest BCUT2D eigenvalue weighted by atomic mass is 79.9. The zero-order chi connectivity index (χ0) is 26.7. The monoisotopic (exact) mass is 586 g/mol. The van der Waals surface area contributed by atoms with Gasteiger partial charge < -0.3 is 13.9 Å². The van der Waals surface area contributed by atoms with Crippen molar-refractivity contribution >= 4 is 49.6 Å². The SMILES string of the molecule is COC(=O)C1=C(C)N(c2ccc(OC)cc2)C(=O)/C1=C/c1ccc(CNS(=O)(=O)c2ccc(Br)cc2)o1. The van der Waals surface area contributed by atoms with Gasteiger partial charge in [-0.2, -0.15) is 0 Å². The number of rotatable bonds is 8. The van der Waals surface area contributed by atoms with Gasteiger partial charge in [0.1, 0.15) is 17.3 Å². The molecule has 1 amide bonds. The molecule has 0 aliphatic carbocycles. The lowest BCUT2D eigenvalue weighted by molar-refractivity contribution is -0.136. The van der Waals surface area contributed by atoms with Gasteiger partial charge in [0.25, 0.3) is 5.91 Å². The molecule has 4 rings (SSSR count). The van der Waals surface area contributed by atoms with Crippen molar-refractivity contribution < 1.29 is 31.9 Å². The number of hydrogen-bond donors (Lipinski definition) is 1. The van der Waals surface area contributed by atoms with Crippen LogP contribution in [-0.4, -0.2) is 34.5 Å². The van der Waals surface area contributed by atoms with Crippen LogP contribution in [0.25, 0.3) is 6.08 Å². The van der Waals surface area contributed by atoms with Gasteiger partial charge >= 0.3 is 5.97 Å². The number of esters is 1. The Labute approximate surface area is 222 Å². The topological polar surface area (TPSA) is 115 Å². The molecule has 11 heteroatoms. The van der Waals surface area contributed by atoms with E-state index in [1.54, 1.807) is 62.6 Å². The average molecular weight is 587 g/mol. The van der Waals surface area contributed by atoms with Crippen LogP contribution in [0, 0.1) is 0 Å². The minimum Gasteiger partial charge on any atom is -0.497 e. The lowest BCUT2D eigenvalue weighted by Crippen LogP contribution is -2.24. The molecule has 1 aliphatic rings. The van der Waals surface area contributed by atoms with Gasteiger partial charge in [-0.15, -0.1) is 0 Å². The van der Waals surface area contributed by atoms with Crippen LogP contribution in [0.1, 0.15) is 18.4 Å². The third-order valence-corrected chi connectivity index (χ3v) is 7.60. The summed E-state index contributed by atoms with van der Waals surface area (Å²) in [4.78, 5) is 27.5. The Hall–Kier alpha value is -3.67. The number of allylic oxidation sites excluding steroid dienone is 1. The number of halogens is 1. The first-order chi connectivity index (χ1) is 17.6. The second-order valence-corrected chi connectivity index (χ2v) is 10.6. The fourth-order valence-electron chi connectivity index (χ4n) is 3.79. The molecule has 2 aromatic carbocycles. The average Bonchev–Trinajstić information content (AvgIpc) is 3.44. The predicted molar refractivity (Wildman–Crippen MR) is 140 cm³/mol. The quantitative estimate of drug-likeness (QED) is 0.307. The fourth-order valence-corrected chi connectivity index (χ4v) is 5.05. The maximum atomic E-state index is 13.4. The molecule has 0 radical (unpaired) electrons. The molecule has 0 fully saturated rings. The van der Waals surface area contributed by atoms with Crippen LogP contribution in [0.2, 0.25) is 0 Å². The number of ether oxygens (including phenoxy) is 2. The number of carbonyl (C=O) groups is 2. The summed E-state index contributed by atoms with van der Waals surface area (Å²) in [5.41, 5.74) is 1.16. The zero-order valence-electron chi connectivity index (χ0n) is 20.1. The Kier molecular flexibility index (Phi) is 7.67. The van der Waals surface area contributed by atoms with E-state index in [0.717, 1.165) is 4.47 Å². The van der Waals surface area contributed by atoms with E-state index in [9.17, 15) is 18.0 Å². The van der Waals surface area contributed by atoms with Crippen molar-refractivity contribution in [3.05, 3.63) is 93.5 Å². The third kappa shape index (κ3) is 5.53. The highest BCUT2D eigenvalue weighted by Gasteiger charge is 2.38. The summed E-state index contributed by atoms with van der Waals surface area (Å²) in [7, 11) is -0.974. The molecule has 0 saturated heterocycles. The van der Waals surface area contributed by atoms with Crippen LogP contribution in [0.15, 0.2) is 91.3 Å². The van der Waals surface area contributed by atoms with E-state index in [4.69, 9.17) is 13.9 Å². The molecule has 0 bridgehead atoms. The number of anilines is 1. The van der Waals surface area contributed by atoms with Crippen LogP contribution in [0.4, 0.5) is 5.69 Å². The van der Waals surface area contributed by atoms with E-state index in [2.05, 4.69) is 20.7 Å². The van der Waals surface area contributed by atoms with E-state index in [-0.39, 0.29) is 28.3 Å². The summed E-state index contributed by atoms with van der Waals surface area (Å²) in [6, 6.07) is 16.2. The Balaban J connectivity index is 1.59. The highest BCUT2D eigenvalue weighted by molar-refractivity contribution is 9.10. The number of carbonyl (C=O) groups excluding carboxylic acids is 2. The fraction of sp³-hybridized carbons (Fsp3) is 0.154. The molecular formula is C26H23BrN2O7S. The Morgan fingerprint density at radius 3 is 2.35 bits per heavy atom. The molecule has 37 heavy (non-hydrogen) atoms. The van der Waals surface area contributed by atoms with Crippen molar-refractivity contribution in [3.63, 3.8) is 0 Å². The predicted octanol–water partition coefficient (Wildman–Crippen LogP) is 4.41. The lowest BCUT2D eigenvalue weighted by Gasteiger charge is -2.18. The molecule has 0 unspecified atom stereocenters. The first-order valence-electron chi connectivity index (χ1n) is 11.0. The molecule has 192 valence electrons. The minimum absolute atomic E-state index is 0.0940. The number of benzene rings is 2. The second-order valence-electron chi connectivity index (χ2n) is 7.93. The Bertz CT molecular complexity index is 1500. The first-order valence-corrected chi connectivity index (χ1v) is 13.3. The normalized spacial score (nSPS) is 15.0. The van der Waals surface area contributed by atoms with Gasteiger partial charge in [0, 0.05) is 15.9 Å². The van der Waals surface area contributed by atoms with E-state index in [0.29, 0.717) is 22.9 Å². The standard InChI is InChI=1S/C26H23BrN2O7S/c1-16-24(26(31)35-3)23(25(30)29(16)18-6-8-19(34-2)9-7-18)14-20-10-11-21(36-20)15-28-37(32,33)22-12-4-17(27)5-13-22/h4-14,28H,15H2,1-3H3/b23-14+. The van der Waals surface area contributed by atoms with Crippen molar-refractivity contribution in [3.8, 4) is 5.75 Å². The summed E-state index contributed by atoms with van der Waals surface area (Å²) in [5.74, 6) is 0.122. The van der Waals surface area contributed by atoms with Gasteiger partial charge in [0.15, 0.2) is 0 Å². The summed E-state index contributed by atoms with van der Waals surface area (Å²) >= 11 is 3.27. The molecular weight excluding hydrogens is 564 g/mol.